The first-order chi connectivity index (χ1) is 12.3. The number of aryl methyl sites for hydroxylation is 1. The van der Waals surface area contributed by atoms with Crippen LogP contribution < -0.4 is 5.32 Å². The van der Waals surface area contributed by atoms with Crippen molar-refractivity contribution in [2.75, 3.05) is 11.9 Å². The van der Waals surface area contributed by atoms with E-state index in [1.54, 1.807) is 10.9 Å². The summed E-state index contributed by atoms with van der Waals surface area (Å²) < 4.78 is 4.10. The number of hydrogen-bond acceptors (Lipinski definition) is 3. The molecule has 4 rings (SSSR count). The molecule has 0 saturated carbocycles. The number of aromatic nitrogens is 3. The van der Waals surface area contributed by atoms with Crippen LogP contribution in [0.1, 0.15) is 12.5 Å². The number of hydrogen-bond donors (Lipinski definition) is 2. The average molecular weight is 334 g/mol. The number of nitrogens with one attached hydrogen (secondary N) is 1. The third-order valence-corrected chi connectivity index (χ3v) is 4.61. The Balaban J connectivity index is 1.63. The van der Waals surface area contributed by atoms with Crippen LogP contribution in [-0.4, -0.2) is 26.1 Å². The summed E-state index contributed by atoms with van der Waals surface area (Å²) in [7, 11) is 0. The highest BCUT2D eigenvalue weighted by Gasteiger charge is 2.09. The molecule has 128 valence electrons. The van der Waals surface area contributed by atoms with Gasteiger partial charge >= 0.3 is 0 Å². The number of rotatable bonds is 6. The number of anilines is 1. The first-order valence-electron chi connectivity index (χ1n) is 8.67. The van der Waals surface area contributed by atoms with Crippen LogP contribution >= 0.6 is 0 Å². The molecule has 0 amide bonds. The van der Waals surface area contributed by atoms with Crippen LogP contribution in [0.4, 0.5) is 5.69 Å². The molecular formula is C20H22N4O. The molecule has 4 aromatic rings. The van der Waals surface area contributed by atoms with Crippen molar-refractivity contribution in [1.82, 2.24) is 14.3 Å². The van der Waals surface area contributed by atoms with Crippen molar-refractivity contribution in [3.05, 3.63) is 60.4 Å². The molecule has 0 spiro atoms. The second kappa shape index (κ2) is 6.61. The molecular weight excluding hydrogens is 312 g/mol. The summed E-state index contributed by atoms with van der Waals surface area (Å²) in [5.41, 5.74) is 4.77. The Morgan fingerprint density at radius 2 is 1.92 bits per heavy atom. The van der Waals surface area contributed by atoms with Gasteiger partial charge in [0, 0.05) is 41.1 Å². The maximum Gasteiger partial charge on any atom is 0.0729 e. The number of aliphatic hydroxyl groups excluding tert-OH is 1. The first kappa shape index (κ1) is 15.7. The van der Waals surface area contributed by atoms with Crippen molar-refractivity contribution in [3.8, 4) is 0 Å². The molecule has 0 aliphatic heterocycles. The summed E-state index contributed by atoms with van der Waals surface area (Å²) in [5.74, 6) is 0. The van der Waals surface area contributed by atoms with E-state index in [1.165, 1.54) is 27.4 Å². The summed E-state index contributed by atoms with van der Waals surface area (Å²) in [6.07, 6.45) is 3.70. The summed E-state index contributed by atoms with van der Waals surface area (Å²) in [5, 5.41) is 19.2. The average Bonchev–Trinajstić information content (AvgIpc) is 3.22. The predicted octanol–water partition coefficient (Wildman–Crippen LogP) is 3.62. The molecule has 0 radical (unpaired) electrons. The lowest BCUT2D eigenvalue weighted by Crippen LogP contribution is -2.02. The van der Waals surface area contributed by atoms with Gasteiger partial charge in [-0.1, -0.05) is 24.3 Å². The van der Waals surface area contributed by atoms with Gasteiger partial charge in [0.15, 0.2) is 0 Å². The molecule has 5 heteroatoms. The number of nitrogens with zero attached hydrogens (tertiary/aromatic N) is 3. The zero-order valence-electron chi connectivity index (χ0n) is 14.3. The fourth-order valence-corrected chi connectivity index (χ4v) is 3.44. The molecule has 2 N–H and O–H groups in total. The Labute approximate surface area is 146 Å². The van der Waals surface area contributed by atoms with Crippen molar-refractivity contribution in [2.45, 2.75) is 26.6 Å². The van der Waals surface area contributed by atoms with E-state index in [9.17, 15) is 0 Å². The largest absolute Gasteiger partial charge is 0.394 e. The van der Waals surface area contributed by atoms with Crippen LogP contribution in [0.15, 0.2) is 54.9 Å². The van der Waals surface area contributed by atoms with Gasteiger partial charge in [-0.3, -0.25) is 4.68 Å². The third-order valence-electron chi connectivity index (χ3n) is 4.61. The number of benzene rings is 2. The van der Waals surface area contributed by atoms with E-state index in [2.05, 4.69) is 64.4 Å². The van der Waals surface area contributed by atoms with Gasteiger partial charge in [-0.05, 0) is 30.7 Å². The van der Waals surface area contributed by atoms with Gasteiger partial charge in [0.05, 0.1) is 25.0 Å². The highest BCUT2D eigenvalue weighted by molar-refractivity contribution is 6.08. The quantitative estimate of drug-likeness (QED) is 0.566. The third kappa shape index (κ3) is 2.87. The molecule has 0 unspecified atom stereocenters. The van der Waals surface area contributed by atoms with E-state index in [4.69, 9.17) is 5.11 Å². The molecule has 0 aliphatic rings. The van der Waals surface area contributed by atoms with Crippen LogP contribution in [0.2, 0.25) is 0 Å². The standard InChI is InChI=1S/C20H22N4O/c1-2-24-19-6-4-3-5-17(19)18-11-15(7-8-20(18)24)12-21-16-13-22-23(14-16)9-10-25/h3-8,11,13-14,21,25H,2,9-10,12H2,1H3. The van der Waals surface area contributed by atoms with Crippen LogP contribution in [0.25, 0.3) is 21.8 Å². The summed E-state index contributed by atoms with van der Waals surface area (Å²) >= 11 is 0. The molecule has 0 saturated heterocycles. The Morgan fingerprint density at radius 3 is 2.76 bits per heavy atom. The topological polar surface area (TPSA) is 55.0 Å². The molecule has 0 atom stereocenters. The van der Waals surface area contributed by atoms with Gasteiger partial charge in [0.25, 0.3) is 0 Å². The zero-order chi connectivity index (χ0) is 17.2. The molecule has 2 aromatic carbocycles. The lowest BCUT2D eigenvalue weighted by atomic mass is 10.1. The predicted molar refractivity (Wildman–Crippen MR) is 102 cm³/mol. The normalized spacial score (nSPS) is 11.4. The van der Waals surface area contributed by atoms with Gasteiger partial charge in [-0.2, -0.15) is 5.10 Å². The van der Waals surface area contributed by atoms with E-state index in [0.717, 1.165) is 18.8 Å². The Bertz CT molecular complexity index is 1020. The molecule has 2 aromatic heterocycles. The van der Waals surface area contributed by atoms with Gasteiger partial charge < -0.3 is 15.0 Å². The lowest BCUT2D eigenvalue weighted by Gasteiger charge is -2.06. The van der Waals surface area contributed by atoms with Gasteiger partial charge in [-0.15, -0.1) is 0 Å². The monoisotopic (exact) mass is 334 g/mol. The fourth-order valence-electron chi connectivity index (χ4n) is 3.44. The van der Waals surface area contributed by atoms with Crippen molar-refractivity contribution >= 4 is 27.5 Å². The van der Waals surface area contributed by atoms with Crippen molar-refractivity contribution in [1.29, 1.82) is 0 Å². The van der Waals surface area contributed by atoms with Gasteiger partial charge in [0.2, 0.25) is 0 Å². The number of fused-ring (bicyclic) bond motifs is 3. The van der Waals surface area contributed by atoms with Gasteiger partial charge in [0.1, 0.15) is 0 Å². The second-order valence-electron chi connectivity index (χ2n) is 6.18. The van der Waals surface area contributed by atoms with E-state index >= 15 is 0 Å². The van der Waals surface area contributed by atoms with Crippen LogP contribution in [0, 0.1) is 0 Å². The zero-order valence-corrected chi connectivity index (χ0v) is 14.3. The Morgan fingerprint density at radius 1 is 1.08 bits per heavy atom. The van der Waals surface area contributed by atoms with Crippen molar-refractivity contribution in [3.63, 3.8) is 0 Å². The van der Waals surface area contributed by atoms with E-state index < -0.39 is 0 Å². The minimum Gasteiger partial charge on any atom is -0.394 e. The lowest BCUT2D eigenvalue weighted by molar-refractivity contribution is 0.269. The Hall–Kier alpha value is -2.79. The number of para-hydroxylation sites is 1. The first-order valence-corrected chi connectivity index (χ1v) is 8.67. The van der Waals surface area contributed by atoms with Crippen LogP contribution in [0.3, 0.4) is 0 Å². The summed E-state index contributed by atoms with van der Waals surface area (Å²) in [4.78, 5) is 0. The molecule has 25 heavy (non-hydrogen) atoms. The summed E-state index contributed by atoms with van der Waals surface area (Å²) in [6.45, 7) is 4.51. The van der Waals surface area contributed by atoms with Crippen molar-refractivity contribution in [2.24, 2.45) is 0 Å². The van der Waals surface area contributed by atoms with E-state index in [-0.39, 0.29) is 6.61 Å². The molecule has 0 aliphatic carbocycles. The smallest absolute Gasteiger partial charge is 0.0729 e. The second-order valence-corrected chi connectivity index (χ2v) is 6.18. The van der Waals surface area contributed by atoms with E-state index in [0.29, 0.717) is 6.54 Å². The summed E-state index contributed by atoms with van der Waals surface area (Å²) in [6, 6.07) is 15.2. The SMILES string of the molecule is CCn1c2ccccc2c2cc(CNc3cnn(CCO)c3)ccc21. The van der Waals surface area contributed by atoms with E-state index in [1.807, 2.05) is 6.20 Å². The Kier molecular flexibility index (Phi) is 4.15. The highest BCUT2D eigenvalue weighted by Crippen LogP contribution is 2.29. The maximum absolute atomic E-state index is 8.96. The number of aliphatic hydroxyl groups is 1. The minimum absolute atomic E-state index is 0.0965. The molecule has 5 nitrogen and oxygen atoms in total. The maximum atomic E-state index is 8.96. The fraction of sp³-hybridized carbons (Fsp3) is 0.250. The van der Waals surface area contributed by atoms with Crippen LogP contribution in [0.5, 0.6) is 0 Å². The van der Waals surface area contributed by atoms with Gasteiger partial charge in [-0.25, -0.2) is 0 Å². The van der Waals surface area contributed by atoms with Crippen LogP contribution in [-0.2, 0) is 19.6 Å². The molecule has 0 fully saturated rings. The molecule has 0 bridgehead atoms. The highest BCUT2D eigenvalue weighted by atomic mass is 16.3. The minimum atomic E-state index is 0.0965. The molecule has 2 heterocycles. The van der Waals surface area contributed by atoms with Crippen molar-refractivity contribution < 1.29 is 5.11 Å².